The van der Waals surface area contributed by atoms with Crippen LogP contribution in [0.5, 0.6) is 0 Å². The quantitative estimate of drug-likeness (QED) is 0.593. The zero-order valence-corrected chi connectivity index (χ0v) is 12.4. The van der Waals surface area contributed by atoms with Gasteiger partial charge in [-0.05, 0) is 31.2 Å². The molecular weight excluding hydrogens is 250 g/mol. The Hall–Kier alpha value is -1.55. The number of hydrogen-bond donors (Lipinski definition) is 2. The lowest BCUT2D eigenvalue weighted by Crippen LogP contribution is -2.38. The Kier molecular flexibility index (Phi) is 5.87. The van der Waals surface area contributed by atoms with Crippen LogP contribution >= 0.6 is 0 Å². The fourth-order valence-electron chi connectivity index (χ4n) is 2.06. The molecule has 1 saturated carbocycles. The molecule has 4 heteroatoms. The summed E-state index contributed by atoms with van der Waals surface area (Å²) in [5, 5.41) is 6.68. The van der Waals surface area contributed by atoms with Crippen LogP contribution in [0.4, 0.5) is 0 Å². The van der Waals surface area contributed by atoms with Gasteiger partial charge in [0.15, 0.2) is 5.96 Å². The van der Waals surface area contributed by atoms with E-state index in [2.05, 4.69) is 34.7 Å². The van der Waals surface area contributed by atoms with Gasteiger partial charge in [-0.2, -0.15) is 0 Å². The Morgan fingerprint density at radius 1 is 1.30 bits per heavy atom. The summed E-state index contributed by atoms with van der Waals surface area (Å²) in [4.78, 5) is 4.63. The molecule has 2 N–H and O–H groups in total. The minimum absolute atomic E-state index is 0.00702. The molecule has 0 aromatic heterocycles. The first-order chi connectivity index (χ1) is 9.83. The van der Waals surface area contributed by atoms with Crippen molar-refractivity contribution in [1.29, 1.82) is 0 Å². The second-order valence-corrected chi connectivity index (χ2v) is 5.18. The maximum atomic E-state index is 5.54. The first-order valence-electron chi connectivity index (χ1n) is 7.43. The van der Waals surface area contributed by atoms with Gasteiger partial charge in [0.1, 0.15) is 6.10 Å². The van der Waals surface area contributed by atoms with E-state index in [1.807, 2.05) is 18.2 Å². The average molecular weight is 275 g/mol. The fraction of sp³-hybridized carbons (Fsp3) is 0.562. The largest absolute Gasteiger partial charge is 0.375 e. The molecular formula is C16H25N3O. The summed E-state index contributed by atoms with van der Waals surface area (Å²) >= 11 is 0. The molecule has 0 spiro atoms. The van der Waals surface area contributed by atoms with Crippen molar-refractivity contribution in [3.63, 3.8) is 0 Å². The lowest BCUT2D eigenvalue weighted by atomic mass is 10.1. The smallest absolute Gasteiger partial charge is 0.191 e. The molecule has 1 aromatic carbocycles. The van der Waals surface area contributed by atoms with Crippen molar-refractivity contribution in [2.75, 3.05) is 26.7 Å². The molecule has 1 unspecified atom stereocenters. The molecule has 0 radical (unpaired) electrons. The number of nitrogens with zero attached hydrogens (tertiary/aromatic N) is 1. The molecule has 0 amide bonds. The van der Waals surface area contributed by atoms with E-state index in [-0.39, 0.29) is 6.10 Å². The number of aliphatic imine (C=N–C) groups is 1. The molecule has 1 aliphatic rings. The van der Waals surface area contributed by atoms with Gasteiger partial charge in [-0.25, -0.2) is 0 Å². The van der Waals surface area contributed by atoms with Crippen molar-refractivity contribution in [2.24, 2.45) is 10.9 Å². The van der Waals surface area contributed by atoms with E-state index >= 15 is 0 Å². The number of benzene rings is 1. The highest BCUT2D eigenvalue weighted by Crippen LogP contribution is 2.27. The van der Waals surface area contributed by atoms with Crippen molar-refractivity contribution in [1.82, 2.24) is 10.6 Å². The van der Waals surface area contributed by atoms with E-state index in [1.54, 1.807) is 7.11 Å². The molecule has 110 valence electrons. The number of rotatable bonds is 7. The fourth-order valence-corrected chi connectivity index (χ4v) is 2.06. The van der Waals surface area contributed by atoms with Gasteiger partial charge < -0.3 is 15.4 Å². The van der Waals surface area contributed by atoms with Gasteiger partial charge in [0.05, 0.1) is 6.54 Å². The summed E-state index contributed by atoms with van der Waals surface area (Å²) in [6.07, 6.45) is 2.70. The molecule has 0 aliphatic heterocycles. The second kappa shape index (κ2) is 7.90. The maximum absolute atomic E-state index is 5.54. The Balaban J connectivity index is 1.91. The van der Waals surface area contributed by atoms with Crippen molar-refractivity contribution in [2.45, 2.75) is 25.9 Å². The third kappa shape index (κ3) is 4.85. The number of nitrogens with one attached hydrogen (secondary N) is 2. The number of ether oxygens (including phenoxy) is 1. The van der Waals surface area contributed by atoms with Crippen LogP contribution in [0, 0.1) is 5.92 Å². The predicted molar refractivity (Wildman–Crippen MR) is 82.9 cm³/mol. The normalized spacial score (nSPS) is 16.8. The highest BCUT2D eigenvalue weighted by atomic mass is 16.5. The lowest BCUT2D eigenvalue weighted by Gasteiger charge is -2.15. The lowest BCUT2D eigenvalue weighted by molar-refractivity contribution is 0.111. The third-order valence-corrected chi connectivity index (χ3v) is 3.47. The maximum Gasteiger partial charge on any atom is 0.191 e. The van der Waals surface area contributed by atoms with Gasteiger partial charge in [0.25, 0.3) is 0 Å². The van der Waals surface area contributed by atoms with Crippen molar-refractivity contribution >= 4 is 5.96 Å². The molecule has 1 atom stereocenters. The predicted octanol–water partition coefficient (Wildman–Crippen LogP) is 2.34. The van der Waals surface area contributed by atoms with Crippen LogP contribution in [-0.4, -0.2) is 32.7 Å². The van der Waals surface area contributed by atoms with Crippen LogP contribution in [0.15, 0.2) is 35.3 Å². The second-order valence-electron chi connectivity index (χ2n) is 5.18. The van der Waals surface area contributed by atoms with E-state index in [9.17, 15) is 0 Å². The first-order valence-corrected chi connectivity index (χ1v) is 7.43. The van der Waals surface area contributed by atoms with E-state index in [1.165, 1.54) is 12.8 Å². The zero-order valence-electron chi connectivity index (χ0n) is 12.4. The average Bonchev–Trinajstić information content (AvgIpc) is 3.30. The molecule has 0 saturated heterocycles. The summed E-state index contributed by atoms with van der Waals surface area (Å²) in [7, 11) is 1.73. The monoisotopic (exact) mass is 275 g/mol. The number of methoxy groups -OCH3 is 1. The van der Waals surface area contributed by atoms with Gasteiger partial charge in [0, 0.05) is 20.2 Å². The van der Waals surface area contributed by atoms with E-state index in [4.69, 9.17) is 4.74 Å². The van der Waals surface area contributed by atoms with Crippen LogP contribution in [0.25, 0.3) is 0 Å². The van der Waals surface area contributed by atoms with Crippen LogP contribution in [-0.2, 0) is 4.74 Å². The van der Waals surface area contributed by atoms with Crippen LogP contribution in [0.3, 0.4) is 0 Å². The highest BCUT2D eigenvalue weighted by molar-refractivity contribution is 5.79. The topological polar surface area (TPSA) is 45.7 Å². The summed E-state index contributed by atoms with van der Waals surface area (Å²) < 4.78 is 5.54. The minimum atomic E-state index is 0.00702. The van der Waals surface area contributed by atoms with E-state index in [0.717, 1.165) is 30.5 Å². The summed E-state index contributed by atoms with van der Waals surface area (Å²) in [6.45, 7) is 4.61. The SMILES string of the molecule is CCNC(=NCC(OC)c1ccccc1)NCC1CC1. The highest BCUT2D eigenvalue weighted by Gasteiger charge is 2.21. The third-order valence-electron chi connectivity index (χ3n) is 3.47. The van der Waals surface area contributed by atoms with Crippen molar-refractivity contribution in [3.8, 4) is 0 Å². The standard InChI is InChI=1S/C16H25N3O/c1-3-17-16(18-11-13-9-10-13)19-12-15(20-2)14-7-5-4-6-8-14/h4-8,13,15H,3,9-12H2,1-2H3,(H2,17,18,19). The summed E-state index contributed by atoms with van der Waals surface area (Å²) in [6, 6.07) is 10.2. The van der Waals surface area contributed by atoms with Crippen LogP contribution in [0.1, 0.15) is 31.4 Å². The molecule has 0 heterocycles. The van der Waals surface area contributed by atoms with Gasteiger partial charge in [-0.3, -0.25) is 4.99 Å². The number of hydrogen-bond acceptors (Lipinski definition) is 2. The van der Waals surface area contributed by atoms with Gasteiger partial charge >= 0.3 is 0 Å². The van der Waals surface area contributed by atoms with E-state index in [0.29, 0.717) is 6.54 Å². The molecule has 0 bridgehead atoms. The van der Waals surface area contributed by atoms with Gasteiger partial charge in [-0.1, -0.05) is 30.3 Å². The molecule has 4 nitrogen and oxygen atoms in total. The molecule has 1 aliphatic carbocycles. The van der Waals surface area contributed by atoms with Crippen LogP contribution < -0.4 is 10.6 Å². The molecule has 2 rings (SSSR count). The molecule has 1 aromatic rings. The Morgan fingerprint density at radius 2 is 2.05 bits per heavy atom. The minimum Gasteiger partial charge on any atom is -0.375 e. The van der Waals surface area contributed by atoms with E-state index < -0.39 is 0 Å². The Morgan fingerprint density at radius 3 is 2.65 bits per heavy atom. The summed E-state index contributed by atoms with van der Waals surface area (Å²) in [5.74, 6) is 1.73. The Labute approximate surface area is 121 Å². The van der Waals surface area contributed by atoms with Crippen molar-refractivity contribution in [3.05, 3.63) is 35.9 Å². The first kappa shape index (κ1) is 14.9. The zero-order chi connectivity index (χ0) is 14.2. The van der Waals surface area contributed by atoms with Crippen LogP contribution in [0.2, 0.25) is 0 Å². The van der Waals surface area contributed by atoms with Crippen molar-refractivity contribution < 1.29 is 4.74 Å². The summed E-state index contributed by atoms with van der Waals surface area (Å²) in [5.41, 5.74) is 1.16. The molecule has 1 fully saturated rings. The van der Waals surface area contributed by atoms with Gasteiger partial charge in [-0.15, -0.1) is 0 Å². The Bertz CT molecular complexity index is 415. The van der Waals surface area contributed by atoms with Gasteiger partial charge in [0.2, 0.25) is 0 Å². The molecule has 20 heavy (non-hydrogen) atoms. The number of guanidine groups is 1.